The van der Waals surface area contributed by atoms with Crippen LogP contribution < -0.4 is 5.11 Å². The molecule has 0 aromatic heterocycles. The Morgan fingerprint density at radius 3 is 1.16 bits per heavy atom. The van der Waals surface area contributed by atoms with Crippen molar-refractivity contribution in [2.24, 2.45) is 9.98 Å². The maximum Gasteiger partial charge on any atom is 0.436 e. The molecule has 1 aliphatic carbocycles. The van der Waals surface area contributed by atoms with E-state index in [1.807, 2.05) is 24.6 Å². The minimum absolute atomic E-state index is 0. The van der Waals surface area contributed by atoms with Crippen LogP contribution in [-0.2, 0) is 27.6 Å². The van der Waals surface area contributed by atoms with E-state index in [0.29, 0.717) is 11.5 Å². The molecule has 0 bridgehead atoms. The van der Waals surface area contributed by atoms with Crippen LogP contribution >= 0.6 is 0 Å². The van der Waals surface area contributed by atoms with Crippen molar-refractivity contribution in [3.8, 4) is 11.5 Å². The number of nitrogens with zero attached hydrogens (tertiary/aromatic N) is 2. The number of aryl methyl sites for hydroxylation is 2. The molecule has 1 radical (unpaired) electrons. The van der Waals surface area contributed by atoms with Crippen molar-refractivity contribution in [3.05, 3.63) is 57.6 Å². The Bertz CT molecular complexity index is 1360. The molecule has 0 amide bonds. The monoisotopic (exact) mass is 756 g/mol. The number of alkyl halides is 9. The van der Waals surface area contributed by atoms with Crippen LogP contribution in [0.25, 0.3) is 0 Å². The standard InChI is InChI=1S/C30H42N2O2.C4F9O.Co/c1-19-13-21(27(33)23(15-19)29(3,4)5)17-31-25-11-9-10-12-26(25)32-18-22-14-20(2)16-24(28(22)34)30(6,7)8;5-1(2(6,7)8,3(9,10)11)4(12,13)14;/h13-18,25-26,33-34H,9-12H2,1-8H3;;/q;-1;/t25-,26-;;/m1../s1. The summed E-state index contributed by atoms with van der Waals surface area (Å²) >= 11 is 0. The Hall–Kier alpha value is -2.78. The molecular formula is C34H42CoF9N2O3-. The van der Waals surface area contributed by atoms with Gasteiger partial charge in [0.1, 0.15) is 11.5 Å². The van der Waals surface area contributed by atoms with E-state index in [-0.39, 0.29) is 39.7 Å². The van der Waals surface area contributed by atoms with E-state index in [9.17, 15) is 54.8 Å². The van der Waals surface area contributed by atoms with Gasteiger partial charge in [-0.25, -0.2) is 13.2 Å². The van der Waals surface area contributed by atoms with Crippen LogP contribution in [-0.4, -0.2) is 58.9 Å². The Morgan fingerprint density at radius 2 is 0.939 bits per heavy atom. The van der Waals surface area contributed by atoms with E-state index < -0.39 is 24.1 Å². The Labute approximate surface area is 291 Å². The van der Waals surface area contributed by atoms with Gasteiger partial charge in [-0.2, -0.15) is 26.3 Å². The number of aromatic hydroxyl groups is 2. The second kappa shape index (κ2) is 15.6. The Morgan fingerprint density at radius 1 is 0.633 bits per heavy atom. The first-order valence-electron chi connectivity index (χ1n) is 15.2. The van der Waals surface area contributed by atoms with Gasteiger partial charge >= 0.3 is 18.0 Å². The fourth-order valence-electron chi connectivity index (χ4n) is 5.24. The number of benzene rings is 2. The maximum atomic E-state index is 12.0. The van der Waals surface area contributed by atoms with Crippen molar-refractivity contribution in [1.29, 1.82) is 0 Å². The van der Waals surface area contributed by atoms with E-state index in [0.717, 1.165) is 59.1 Å². The third-order valence-electron chi connectivity index (χ3n) is 7.87. The van der Waals surface area contributed by atoms with Crippen LogP contribution in [0.15, 0.2) is 34.3 Å². The minimum Gasteiger partial charge on any atom is -0.795 e. The average Bonchev–Trinajstić information content (AvgIpc) is 2.90. The maximum absolute atomic E-state index is 12.0. The number of phenolic OH excluding ortho intramolecular Hbond substituents is 2. The number of aliphatic imine (C=N–C) groups is 2. The van der Waals surface area contributed by atoms with Gasteiger partial charge < -0.3 is 15.3 Å². The zero-order valence-electron chi connectivity index (χ0n) is 28.4. The molecule has 3 rings (SSSR count). The molecule has 2 aromatic rings. The van der Waals surface area contributed by atoms with Crippen molar-refractivity contribution in [2.45, 2.75) is 128 Å². The summed E-state index contributed by atoms with van der Waals surface area (Å²) in [5, 5.41) is 31.1. The summed E-state index contributed by atoms with van der Waals surface area (Å²) in [4.78, 5) is 9.82. The fourth-order valence-corrected chi connectivity index (χ4v) is 5.24. The number of rotatable bonds is 5. The Balaban J connectivity index is 0.000000679. The van der Waals surface area contributed by atoms with Crippen molar-refractivity contribution in [2.75, 3.05) is 0 Å². The van der Waals surface area contributed by atoms with E-state index in [1.54, 1.807) is 0 Å². The molecule has 5 nitrogen and oxygen atoms in total. The molecule has 2 aromatic carbocycles. The minimum atomic E-state index is -7.08. The van der Waals surface area contributed by atoms with E-state index in [4.69, 9.17) is 9.98 Å². The molecule has 279 valence electrons. The molecule has 2 N–H and O–H groups in total. The first kappa shape index (κ1) is 44.2. The number of hydrogen-bond acceptors (Lipinski definition) is 5. The molecular weight excluding hydrogens is 714 g/mol. The predicted molar refractivity (Wildman–Crippen MR) is 165 cm³/mol. The summed E-state index contributed by atoms with van der Waals surface area (Å²) in [6.07, 6.45) is -13.0. The van der Waals surface area contributed by atoms with Gasteiger partial charge in [-0.15, -0.1) is 0 Å². The van der Waals surface area contributed by atoms with E-state index >= 15 is 0 Å². The topological polar surface area (TPSA) is 88.2 Å². The summed E-state index contributed by atoms with van der Waals surface area (Å²) in [7, 11) is 0. The average molecular weight is 757 g/mol. The third-order valence-corrected chi connectivity index (χ3v) is 7.87. The molecule has 15 heteroatoms. The summed E-state index contributed by atoms with van der Waals surface area (Å²) in [5.41, 5.74) is -1.70. The normalized spacial score (nSPS) is 18.3. The molecule has 0 saturated heterocycles. The van der Waals surface area contributed by atoms with Gasteiger partial charge in [-0.1, -0.05) is 66.5 Å². The smallest absolute Gasteiger partial charge is 0.436 e. The Kier molecular flexibility index (Phi) is 14.1. The molecule has 1 saturated carbocycles. The summed E-state index contributed by atoms with van der Waals surface area (Å²) < 4.78 is 103. The van der Waals surface area contributed by atoms with Gasteiger partial charge in [0.15, 0.2) is 0 Å². The van der Waals surface area contributed by atoms with Crippen molar-refractivity contribution in [3.63, 3.8) is 0 Å². The summed E-state index contributed by atoms with van der Waals surface area (Å²) in [6.45, 7) is 16.8. The first-order chi connectivity index (χ1) is 21.5. The van der Waals surface area contributed by atoms with Gasteiger partial charge in [-0.3, -0.25) is 9.98 Å². The van der Waals surface area contributed by atoms with E-state index in [1.165, 1.54) is 0 Å². The second-order valence-electron chi connectivity index (χ2n) is 14.1. The quantitative estimate of drug-likeness (QED) is 0.236. The summed E-state index contributed by atoms with van der Waals surface area (Å²) in [5.74, 6) is 0.634. The molecule has 0 spiro atoms. The van der Waals surface area contributed by atoms with E-state index in [2.05, 4.69) is 67.5 Å². The first-order valence-corrected chi connectivity index (χ1v) is 15.2. The second-order valence-corrected chi connectivity index (χ2v) is 14.1. The zero-order valence-corrected chi connectivity index (χ0v) is 29.4. The van der Waals surface area contributed by atoms with Gasteiger partial charge in [-0.05, 0) is 60.8 Å². The number of hydrogen-bond donors (Lipinski definition) is 2. The number of phenols is 2. The van der Waals surface area contributed by atoms with Crippen LogP contribution in [0.5, 0.6) is 11.5 Å². The van der Waals surface area contributed by atoms with Crippen LogP contribution in [0.1, 0.15) is 101 Å². The number of halogens is 9. The predicted octanol–water partition coefficient (Wildman–Crippen LogP) is 8.93. The zero-order chi connectivity index (χ0) is 37.3. The largest absolute Gasteiger partial charge is 0.795 e. The SMILES string of the molecule is Cc1cc(C=N[C@@H]2CCCC[C@H]2N=Cc2cc(C)cc(C(C)(C)C)c2O)c(O)c(C(C)(C)C)c1.[Co].[O-]C(F)(F)C(F)(C(F)(F)F)C(F)(F)F. The van der Waals surface area contributed by atoms with Crippen molar-refractivity contribution in [1.82, 2.24) is 0 Å². The molecule has 1 aliphatic rings. The fraction of sp³-hybridized carbons (Fsp3) is 0.588. The summed E-state index contributed by atoms with van der Waals surface area (Å²) in [6, 6.07) is 8.23. The van der Waals surface area contributed by atoms with Crippen LogP contribution in [0.2, 0.25) is 0 Å². The van der Waals surface area contributed by atoms with Crippen LogP contribution in [0, 0.1) is 13.8 Å². The van der Waals surface area contributed by atoms with Gasteiger partial charge in [0.2, 0.25) is 6.11 Å². The van der Waals surface area contributed by atoms with Crippen LogP contribution in [0.4, 0.5) is 39.5 Å². The van der Waals surface area contributed by atoms with Crippen LogP contribution in [0.3, 0.4) is 0 Å². The molecule has 0 unspecified atom stereocenters. The molecule has 0 heterocycles. The molecule has 2 atom stereocenters. The molecule has 1 fully saturated rings. The van der Waals surface area contributed by atoms with Gasteiger partial charge in [0, 0.05) is 51.5 Å². The van der Waals surface area contributed by atoms with Crippen molar-refractivity contribution < 1.29 is 71.6 Å². The van der Waals surface area contributed by atoms with Crippen molar-refractivity contribution >= 4 is 12.4 Å². The molecule has 49 heavy (non-hydrogen) atoms. The third kappa shape index (κ3) is 10.6. The van der Waals surface area contributed by atoms with Gasteiger partial charge in [0.05, 0.1) is 12.1 Å². The van der Waals surface area contributed by atoms with Gasteiger partial charge in [0.25, 0.3) is 0 Å². The molecule has 0 aliphatic heterocycles.